The minimum Gasteiger partial charge on any atom is -0.360 e. The first kappa shape index (κ1) is 18.3. The fraction of sp³-hybridized carbons (Fsp3) is 0.267. The Morgan fingerprint density at radius 1 is 1.38 bits per heavy atom. The van der Waals surface area contributed by atoms with Crippen molar-refractivity contribution in [3.05, 3.63) is 40.9 Å². The molecule has 0 spiro atoms. The zero-order chi connectivity index (χ0) is 17.7. The molecule has 0 aliphatic carbocycles. The number of amides is 2. The highest BCUT2D eigenvalue weighted by molar-refractivity contribution is 8.01. The Kier molecular flexibility index (Phi) is 6.22. The molecule has 0 radical (unpaired) electrons. The lowest BCUT2D eigenvalue weighted by Gasteiger charge is -2.11. The van der Waals surface area contributed by atoms with Crippen molar-refractivity contribution in [1.29, 1.82) is 0 Å². The molecule has 0 fully saturated rings. The minimum absolute atomic E-state index is 0.00303. The summed E-state index contributed by atoms with van der Waals surface area (Å²) < 4.78 is 18.4. The molecule has 0 saturated carbocycles. The molecule has 2 aromatic rings. The number of rotatable bonds is 6. The Labute approximate surface area is 147 Å². The van der Waals surface area contributed by atoms with Gasteiger partial charge in [0, 0.05) is 11.1 Å². The molecule has 2 rings (SSSR count). The predicted octanol–water partition coefficient (Wildman–Crippen LogP) is 3.47. The summed E-state index contributed by atoms with van der Waals surface area (Å²) in [6, 6.07) is 5.47. The Hall–Kier alpha value is -2.06. The van der Waals surface area contributed by atoms with E-state index in [1.807, 2.05) is 0 Å². The maximum absolute atomic E-state index is 13.5. The number of carbonyl (C=O) groups excluding carboxylic acids is 2. The molecule has 128 valence electrons. The van der Waals surface area contributed by atoms with E-state index in [-0.39, 0.29) is 17.3 Å². The lowest BCUT2D eigenvalue weighted by molar-refractivity contribution is -0.115. The van der Waals surface area contributed by atoms with Crippen molar-refractivity contribution < 1.29 is 18.5 Å². The molecule has 1 atom stereocenters. The third-order valence-electron chi connectivity index (χ3n) is 2.92. The summed E-state index contributed by atoms with van der Waals surface area (Å²) >= 11 is 6.87. The number of hydrogen-bond donors (Lipinski definition) is 2. The van der Waals surface area contributed by atoms with Crippen molar-refractivity contribution in [3.63, 3.8) is 0 Å². The molecule has 2 amide bonds. The Balaban J connectivity index is 1.82. The van der Waals surface area contributed by atoms with Gasteiger partial charge in [0.2, 0.25) is 11.8 Å². The molecule has 6 nitrogen and oxygen atoms in total. The lowest BCUT2D eigenvalue weighted by Crippen LogP contribution is -2.25. The number of nitrogens with zero attached hydrogens (tertiary/aromatic N) is 1. The summed E-state index contributed by atoms with van der Waals surface area (Å²) in [5.41, 5.74) is 0.00303. The zero-order valence-electron chi connectivity index (χ0n) is 12.9. The van der Waals surface area contributed by atoms with Crippen LogP contribution in [0.2, 0.25) is 5.02 Å². The van der Waals surface area contributed by atoms with E-state index in [4.69, 9.17) is 16.1 Å². The van der Waals surface area contributed by atoms with E-state index in [0.29, 0.717) is 16.6 Å². The van der Waals surface area contributed by atoms with Crippen LogP contribution in [-0.2, 0) is 9.59 Å². The van der Waals surface area contributed by atoms with Crippen molar-refractivity contribution >= 4 is 46.7 Å². The first-order valence-electron chi connectivity index (χ1n) is 6.96. The van der Waals surface area contributed by atoms with Gasteiger partial charge in [-0.1, -0.05) is 16.8 Å². The quantitative estimate of drug-likeness (QED) is 0.812. The number of hydrogen-bond acceptors (Lipinski definition) is 5. The summed E-state index contributed by atoms with van der Waals surface area (Å²) in [5, 5.41) is 8.47. The van der Waals surface area contributed by atoms with Crippen molar-refractivity contribution in [2.24, 2.45) is 0 Å². The average molecular weight is 372 g/mol. The fourth-order valence-corrected chi connectivity index (χ4v) is 2.57. The van der Waals surface area contributed by atoms with E-state index >= 15 is 0 Å². The second kappa shape index (κ2) is 8.16. The summed E-state index contributed by atoms with van der Waals surface area (Å²) in [4.78, 5) is 23.8. The van der Waals surface area contributed by atoms with Crippen LogP contribution >= 0.6 is 23.4 Å². The van der Waals surface area contributed by atoms with E-state index in [2.05, 4.69) is 15.8 Å². The van der Waals surface area contributed by atoms with Gasteiger partial charge in [-0.25, -0.2) is 4.39 Å². The van der Waals surface area contributed by atoms with Crippen LogP contribution < -0.4 is 10.6 Å². The Morgan fingerprint density at radius 2 is 2.12 bits per heavy atom. The highest BCUT2D eigenvalue weighted by atomic mass is 35.5. The number of anilines is 2. The van der Waals surface area contributed by atoms with Crippen LogP contribution in [0.5, 0.6) is 0 Å². The lowest BCUT2D eigenvalue weighted by atomic mass is 10.3. The van der Waals surface area contributed by atoms with Crippen molar-refractivity contribution in [3.8, 4) is 0 Å². The Morgan fingerprint density at radius 3 is 2.79 bits per heavy atom. The monoisotopic (exact) mass is 371 g/mol. The van der Waals surface area contributed by atoms with Crippen LogP contribution in [-0.4, -0.2) is 28.0 Å². The van der Waals surface area contributed by atoms with Gasteiger partial charge in [0.05, 0.1) is 16.7 Å². The predicted molar refractivity (Wildman–Crippen MR) is 91.8 cm³/mol. The first-order valence-corrected chi connectivity index (χ1v) is 8.38. The topological polar surface area (TPSA) is 84.2 Å². The molecule has 0 bridgehead atoms. The van der Waals surface area contributed by atoms with Crippen LogP contribution in [0, 0.1) is 12.7 Å². The number of nitrogens with one attached hydrogen (secondary N) is 2. The molecule has 1 heterocycles. The molecule has 24 heavy (non-hydrogen) atoms. The van der Waals surface area contributed by atoms with E-state index in [9.17, 15) is 14.0 Å². The first-order chi connectivity index (χ1) is 11.3. The van der Waals surface area contributed by atoms with Gasteiger partial charge in [0.25, 0.3) is 0 Å². The number of thioether (sulfide) groups is 1. The van der Waals surface area contributed by atoms with E-state index in [1.54, 1.807) is 19.9 Å². The van der Waals surface area contributed by atoms with Crippen LogP contribution in [0.4, 0.5) is 15.9 Å². The van der Waals surface area contributed by atoms with Crippen molar-refractivity contribution in [2.45, 2.75) is 19.1 Å². The Bertz CT molecular complexity index is 753. The highest BCUT2D eigenvalue weighted by Crippen LogP contribution is 2.20. The van der Waals surface area contributed by atoms with Gasteiger partial charge in [-0.3, -0.25) is 9.59 Å². The molecular formula is C15H15ClFN3O3S. The standard InChI is InChI=1S/C15H15ClFN3O3S/c1-8-5-13(20-23-8)19-15(22)9(2)24-7-14(21)18-12-6-10(16)3-4-11(12)17/h3-6,9H,7H2,1-2H3,(H,18,21)(H,19,20,22). The maximum atomic E-state index is 13.5. The smallest absolute Gasteiger partial charge is 0.238 e. The summed E-state index contributed by atoms with van der Waals surface area (Å²) in [6.07, 6.45) is 0. The number of aromatic nitrogens is 1. The third kappa shape index (κ3) is 5.24. The molecular weight excluding hydrogens is 357 g/mol. The molecule has 1 aromatic carbocycles. The van der Waals surface area contributed by atoms with Crippen LogP contribution in [0.3, 0.4) is 0 Å². The summed E-state index contributed by atoms with van der Waals surface area (Å²) in [5.74, 6) is -0.444. The molecule has 1 aromatic heterocycles. The van der Waals surface area contributed by atoms with Gasteiger partial charge in [-0.2, -0.15) is 0 Å². The number of halogens is 2. The van der Waals surface area contributed by atoms with Gasteiger partial charge in [0.1, 0.15) is 11.6 Å². The molecule has 0 saturated heterocycles. The molecule has 0 aliphatic rings. The highest BCUT2D eigenvalue weighted by Gasteiger charge is 2.17. The molecule has 0 aliphatic heterocycles. The van der Waals surface area contributed by atoms with Crippen LogP contribution in [0.1, 0.15) is 12.7 Å². The van der Waals surface area contributed by atoms with Crippen molar-refractivity contribution in [1.82, 2.24) is 5.16 Å². The van der Waals surface area contributed by atoms with Gasteiger partial charge < -0.3 is 15.2 Å². The van der Waals surface area contributed by atoms with Gasteiger partial charge in [-0.15, -0.1) is 11.8 Å². The number of carbonyl (C=O) groups is 2. The maximum Gasteiger partial charge on any atom is 0.238 e. The van der Waals surface area contributed by atoms with E-state index in [0.717, 1.165) is 11.8 Å². The van der Waals surface area contributed by atoms with Gasteiger partial charge in [0.15, 0.2) is 5.82 Å². The zero-order valence-corrected chi connectivity index (χ0v) is 14.5. The SMILES string of the molecule is Cc1cc(NC(=O)C(C)SCC(=O)Nc2cc(Cl)ccc2F)no1. The normalized spacial score (nSPS) is 11.8. The van der Waals surface area contributed by atoms with Crippen molar-refractivity contribution in [2.75, 3.05) is 16.4 Å². The number of benzene rings is 1. The molecule has 1 unspecified atom stereocenters. The second-order valence-electron chi connectivity index (χ2n) is 4.94. The van der Waals surface area contributed by atoms with Crippen LogP contribution in [0.15, 0.2) is 28.8 Å². The largest absolute Gasteiger partial charge is 0.360 e. The van der Waals surface area contributed by atoms with E-state index < -0.39 is 17.0 Å². The van der Waals surface area contributed by atoms with E-state index in [1.165, 1.54) is 18.2 Å². The second-order valence-corrected chi connectivity index (χ2v) is 6.70. The molecule has 9 heteroatoms. The number of aryl methyl sites for hydroxylation is 1. The fourth-order valence-electron chi connectivity index (χ4n) is 1.71. The third-order valence-corrected chi connectivity index (χ3v) is 4.29. The molecule has 2 N–H and O–H groups in total. The van der Waals surface area contributed by atoms with Crippen LogP contribution in [0.25, 0.3) is 0 Å². The summed E-state index contributed by atoms with van der Waals surface area (Å²) in [6.45, 7) is 3.36. The van der Waals surface area contributed by atoms with Gasteiger partial charge >= 0.3 is 0 Å². The van der Waals surface area contributed by atoms with Gasteiger partial charge in [-0.05, 0) is 32.0 Å². The average Bonchev–Trinajstić information content (AvgIpc) is 2.93. The minimum atomic E-state index is -0.579. The summed E-state index contributed by atoms with van der Waals surface area (Å²) in [7, 11) is 0.